The van der Waals surface area contributed by atoms with Crippen LogP contribution in [0.1, 0.15) is 66.0 Å². The number of H-pyrrole nitrogens is 1. The summed E-state index contributed by atoms with van der Waals surface area (Å²) in [5, 5.41) is 0. The van der Waals surface area contributed by atoms with Crippen molar-refractivity contribution < 1.29 is 14.3 Å². The number of imidazole rings is 1. The molecule has 2 bridgehead atoms. The maximum Gasteiger partial charge on any atom is 0.338 e. The summed E-state index contributed by atoms with van der Waals surface area (Å²) in [5.74, 6) is -0.247. The predicted molar refractivity (Wildman–Crippen MR) is 123 cm³/mol. The van der Waals surface area contributed by atoms with E-state index in [-0.39, 0.29) is 28.7 Å². The number of ether oxygens (including phenoxy) is 1. The first-order valence-electron chi connectivity index (χ1n) is 11.3. The topological polar surface area (TPSA) is 75.3 Å². The van der Waals surface area contributed by atoms with Gasteiger partial charge in [0.15, 0.2) is 0 Å². The Morgan fingerprint density at radius 3 is 2.72 bits per heavy atom. The lowest BCUT2D eigenvalue weighted by Crippen LogP contribution is -2.64. The molecule has 6 nitrogen and oxygen atoms in total. The van der Waals surface area contributed by atoms with Crippen molar-refractivity contribution in [2.45, 2.75) is 52.0 Å². The third-order valence-electron chi connectivity index (χ3n) is 8.04. The fourth-order valence-corrected chi connectivity index (χ4v) is 5.75. The van der Waals surface area contributed by atoms with Crippen LogP contribution in [0.5, 0.6) is 0 Å². The van der Waals surface area contributed by atoms with Crippen LogP contribution in [0.25, 0.3) is 11.0 Å². The number of hydrogen-bond donors (Lipinski definition) is 1. The number of fused-ring (bicyclic) bond motifs is 5. The van der Waals surface area contributed by atoms with Gasteiger partial charge in [-0.05, 0) is 66.6 Å². The van der Waals surface area contributed by atoms with Gasteiger partial charge in [-0.2, -0.15) is 0 Å². The largest absolute Gasteiger partial charge is 0.462 e. The van der Waals surface area contributed by atoms with Crippen LogP contribution in [0, 0.1) is 5.41 Å². The molecule has 6 heteroatoms. The van der Waals surface area contributed by atoms with E-state index in [0.717, 1.165) is 29.4 Å². The zero-order valence-electron chi connectivity index (χ0n) is 19.1. The molecule has 1 N–H and O–H groups in total. The Labute approximate surface area is 188 Å². The van der Waals surface area contributed by atoms with Crippen LogP contribution in [-0.4, -0.2) is 45.9 Å². The number of nitrogens with one attached hydrogen (secondary N) is 1. The van der Waals surface area contributed by atoms with Gasteiger partial charge in [0.2, 0.25) is 0 Å². The van der Waals surface area contributed by atoms with Crippen LogP contribution in [0.2, 0.25) is 0 Å². The smallest absolute Gasteiger partial charge is 0.338 e. The highest BCUT2D eigenvalue weighted by molar-refractivity contribution is 5.97. The van der Waals surface area contributed by atoms with E-state index in [4.69, 9.17) is 4.74 Å². The highest BCUT2D eigenvalue weighted by Gasteiger charge is 2.56. The summed E-state index contributed by atoms with van der Waals surface area (Å²) in [6.07, 6.45) is 3.25. The van der Waals surface area contributed by atoms with E-state index in [9.17, 15) is 9.59 Å². The molecule has 1 amide bonds. The number of piperidine rings is 1. The Morgan fingerprint density at radius 2 is 1.94 bits per heavy atom. The van der Waals surface area contributed by atoms with Gasteiger partial charge < -0.3 is 14.6 Å². The summed E-state index contributed by atoms with van der Waals surface area (Å²) in [6, 6.07) is 11.6. The molecule has 0 spiro atoms. The van der Waals surface area contributed by atoms with Crippen LogP contribution in [-0.2, 0) is 16.6 Å². The number of likely N-dealkylation sites (tertiary alicyclic amines) is 1. The highest BCUT2D eigenvalue weighted by Crippen LogP contribution is 2.56. The molecule has 32 heavy (non-hydrogen) atoms. The highest BCUT2D eigenvalue weighted by atomic mass is 16.5. The summed E-state index contributed by atoms with van der Waals surface area (Å²) in [7, 11) is 0. The minimum Gasteiger partial charge on any atom is -0.462 e. The van der Waals surface area contributed by atoms with Crippen LogP contribution in [0.3, 0.4) is 0 Å². The van der Waals surface area contributed by atoms with Crippen molar-refractivity contribution in [3.63, 3.8) is 0 Å². The SMILES string of the molecule is CCOC(=O)c1ccc2c(c1)CC1N(C(=O)c3ccc4nc[nH]c4c3)CCC2(C)C1(C)C. The second kappa shape index (κ2) is 7.19. The van der Waals surface area contributed by atoms with Crippen molar-refractivity contribution in [3.05, 3.63) is 65.0 Å². The predicted octanol–water partition coefficient (Wildman–Crippen LogP) is 4.49. The quantitative estimate of drug-likeness (QED) is 0.620. The first-order valence-corrected chi connectivity index (χ1v) is 11.3. The average Bonchev–Trinajstić information content (AvgIpc) is 3.23. The molecule has 1 aromatic heterocycles. The first-order chi connectivity index (χ1) is 15.3. The van der Waals surface area contributed by atoms with E-state index in [0.29, 0.717) is 24.3 Å². The summed E-state index contributed by atoms with van der Waals surface area (Å²) in [4.78, 5) is 35.4. The molecular formula is C26H29N3O3. The summed E-state index contributed by atoms with van der Waals surface area (Å²) in [5.41, 5.74) is 5.21. The van der Waals surface area contributed by atoms with Crippen molar-refractivity contribution in [3.8, 4) is 0 Å². The molecule has 2 atom stereocenters. The molecule has 2 unspecified atom stereocenters. The van der Waals surface area contributed by atoms with Crippen molar-refractivity contribution >= 4 is 22.9 Å². The lowest BCUT2D eigenvalue weighted by atomic mass is 9.51. The van der Waals surface area contributed by atoms with Crippen molar-refractivity contribution in [2.75, 3.05) is 13.2 Å². The van der Waals surface area contributed by atoms with Crippen molar-refractivity contribution in [2.24, 2.45) is 5.41 Å². The number of nitrogens with zero attached hydrogens (tertiary/aromatic N) is 2. The normalized spacial score (nSPS) is 23.6. The zero-order valence-corrected chi connectivity index (χ0v) is 19.1. The molecule has 2 aromatic carbocycles. The van der Waals surface area contributed by atoms with E-state index in [1.165, 1.54) is 5.56 Å². The second-order valence-corrected chi connectivity index (χ2v) is 9.75. The van der Waals surface area contributed by atoms with Crippen LogP contribution < -0.4 is 0 Å². The van der Waals surface area contributed by atoms with Gasteiger partial charge in [0, 0.05) is 23.6 Å². The van der Waals surface area contributed by atoms with E-state index in [1.54, 1.807) is 6.33 Å². The van der Waals surface area contributed by atoms with Gasteiger partial charge in [-0.25, -0.2) is 9.78 Å². The second-order valence-electron chi connectivity index (χ2n) is 9.75. The van der Waals surface area contributed by atoms with Gasteiger partial charge in [0.1, 0.15) is 0 Å². The van der Waals surface area contributed by atoms with Gasteiger partial charge in [0.25, 0.3) is 5.91 Å². The van der Waals surface area contributed by atoms with Gasteiger partial charge in [-0.15, -0.1) is 0 Å². The van der Waals surface area contributed by atoms with Gasteiger partial charge in [-0.3, -0.25) is 4.79 Å². The molecule has 2 heterocycles. The Balaban J connectivity index is 1.53. The first kappa shape index (κ1) is 20.7. The van der Waals surface area contributed by atoms with Crippen molar-refractivity contribution in [1.82, 2.24) is 14.9 Å². The summed E-state index contributed by atoms with van der Waals surface area (Å²) in [6.45, 7) is 9.74. The third kappa shape index (κ3) is 2.89. The standard InChI is InChI=1S/C26H29N3O3/c1-5-32-24(31)17-6-8-19-18(12-17)14-22-25(2,3)26(19,4)10-11-29(22)23(30)16-7-9-20-21(13-16)28-15-27-20/h6-9,12-13,15,22H,5,10-11,14H2,1-4H3,(H,27,28). The van der Waals surface area contributed by atoms with Gasteiger partial charge in [0.05, 0.1) is 29.5 Å². The minimum absolute atomic E-state index is 0.0381. The maximum absolute atomic E-state index is 13.6. The number of hydrogen-bond acceptors (Lipinski definition) is 4. The molecule has 1 aliphatic heterocycles. The number of carbonyl (C=O) groups excluding carboxylic acids is 2. The molecule has 2 aliphatic rings. The van der Waals surface area contributed by atoms with Gasteiger partial charge in [-0.1, -0.05) is 26.8 Å². The lowest BCUT2D eigenvalue weighted by Gasteiger charge is -2.60. The molecule has 0 saturated carbocycles. The Bertz CT molecular complexity index is 1230. The molecular weight excluding hydrogens is 402 g/mol. The lowest BCUT2D eigenvalue weighted by molar-refractivity contribution is -0.0262. The molecule has 1 saturated heterocycles. The number of benzene rings is 2. The number of carbonyl (C=O) groups is 2. The van der Waals surface area contributed by atoms with Crippen LogP contribution in [0.4, 0.5) is 0 Å². The number of aromatic amines is 1. The average molecular weight is 432 g/mol. The minimum atomic E-state index is -0.295. The molecule has 3 aromatic rings. The van der Waals surface area contributed by atoms with E-state index >= 15 is 0 Å². The Morgan fingerprint density at radius 1 is 1.16 bits per heavy atom. The molecule has 166 valence electrons. The maximum atomic E-state index is 13.6. The number of esters is 1. The summed E-state index contributed by atoms with van der Waals surface area (Å²) >= 11 is 0. The van der Waals surface area contributed by atoms with Gasteiger partial charge >= 0.3 is 5.97 Å². The molecule has 0 radical (unpaired) electrons. The third-order valence-corrected chi connectivity index (χ3v) is 8.04. The van der Waals surface area contributed by atoms with E-state index in [1.807, 2.05) is 42.2 Å². The summed E-state index contributed by atoms with van der Waals surface area (Å²) < 4.78 is 5.21. The molecule has 5 rings (SSSR count). The number of aromatic nitrogens is 2. The molecule has 1 fully saturated rings. The Kier molecular flexibility index (Phi) is 4.66. The zero-order chi connectivity index (χ0) is 22.7. The van der Waals surface area contributed by atoms with E-state index < -0.39 is 0 Å². The number of rotatable bonds is 3. The fourth-order valence-electron chi connectivity index (χ4n) is 5.75. The Hall–Kier alpha value is -3.15. The van der Waals surface area contributed by atoms with Crippen LogP contribution in [0.15, 0.2) is 42.7 Å². The molecule has 1 aliphatic carbocycles. The number of amides is 1. The fraction of sp³-hybridized carbons (Fsp3) is 0.423. The monoisotopic (exact) mass is 431 g/mol. The van der Waals surface area contributed by atoms with E-state index in [2.05, 4.69) is 36.8 Å². The van der Waals surface area contributed by atoms with Crippen molar-refractivity contribution in [1.29, 1.82) is 0 Å². The van der Waals surface area contributed by atoms with Crippen LogP contribution >= 0.6 is 0 Å².